The van der Waals surface area contributed by atoms with E-state index in [9.17, 15) is 9.59 Å². The average Bonchev–Trinajstić information content (AvgIpc) is 2.89. The normalized spacial score (nSPS) is 12.0. The van der Waals surface area contributed by atoms with Gasteiger partial charge < -0.3 is 15.6 Å². The van der Waals surface area contributed by atoms with E-state index in [1.807, 2.05) is 12.1 Å². The highest BCUT2D eigenvalue weighted by molar-refractivity contribution is 6.08. The number of carbonyl (C=O) groups excluding carboxylic acids is 2. The minimum absolute atomic E-state index is 0.241. The Kier molecular flexibility index (Phi) is 4.44. The van der Waals surface area contributed by atoms with E-state index in [2.05, 4.69) is 21.1 Å². The summed E-state index contributed by atoms with van der Waals surface area (Å²) in [7, 11) is 3.05. The largest absolute Gasteiger partial charge is 0.360 e. The number of nitrogens with one attached hydrogen (secondary N) is 4. The van der Waals surface area contributed by atoms with Gasteiger partial charge in [-0.15, -0.1) is 0 Å². The van der Waals surface area contributed by atoms with Crippen LogP contribution in [0.1, 0.15) is 17.3 Å². The number of H-pyrrole nitrogens is 1. The second-order valence-corrected chi connectivity index (χ2v) is 4.58. The van der Waals surface area contributed by atoms with Crippen LogP contribution in [0.25, 0.3) is 10.9 Å². The van der Waals surface area contributed by atoms with E-state index in [-0.39, 0.29) is 11.8 Å². The Balaban J connectivity index is 2.22. The predicted molar refractivity (Wildman–Crippen MR) is 79.9 cm³/mol. The summed E-state index contributed by atoms with van der Waals surface area (Å²) in [5, 5.41) is 5.92. The van der Waals surface area contributed by atoms with E-state index in [4.69, 9.17) is 4.84 Å². The molecule has 7 nitrogen and oxygen atoms in total. The minimum Gasteiger partial charge on any atom is -0.360 e. The predicted octanol–water partition coefficient (Wildman–Crippen LogP) is 1.01. The Morgan fingerprint density at radius 2 is 2.10 bits per heavy atom. The molecule has 1 atom stereocenters. The van der Waals surface area contributed by atoms with Gasteiger partial charge >= 0.3 is 0 Å². The maximum atomic E-state index is 12.2. The Labute approximate surface area is 122 Å². The molecule has 4 N–H and O–H groups in total. The molecular weight excluding hydrogens is 272 g/mol. The highest BCUT2D eigenvalue weighted by atomic mass is 16.6. The summed E-state index contributed by atoms with van der Waals surface area (Å²) in [5.41, 5.74) is 4.79. The quantitative estimate of drug-likeness (QED) is 0.618. The summed E-state index contributed by atoms with van der Waals surface area (Å²) in [5.74, 6) is -0.542. The van der Waals surface area contributed by atoms with Crippen molar-refractivity contribution in [2.75, 3.05) is 19.6 Å². The van der Waals surface area contributed by atoms with Gasteiger partial charge in [-0.2, -0.15) is 0 Å². The molecule has 0 radical (unpaired) electrons. The SMILES string of the molecule is CNC(=O)C(C)NC(=O)c1c[nH]c2cc(NOC)ccc12. The summed E-state index contributed by atoms with van der Waals surface area (Å²) in [4.78, 5) is 31.5. The van der Waals surface area contributed by atoms with Crippen LogP contribution in [0.15, 0.2) is 24.4 Å². The van der Waals surface area contributed by atoms with Gasteiger partial charge in [0.05, 0.1) is 18.4 Å². The van der Waals surface area contributed by atoms with Gasteiger partial charge in [0.25, 0.3) is 5.91 Å². The third kappa shape index (κ3) is 3.14. The molecule has 1 heterocycles. The summed E-state index contributed by atoms with van der Waals surface area (Å²) in [6.45, 7) is 1.63. The monoisotopic (exact) mass is 290 g/mol. The van der Waals surface area contributed by atoms with Gasteiger partial charge in [0.15, 0.2) is 0 Å². The van der Waals surface area contributed by atoms with Crippen LogP contribution in [0.5, 0.6) is 0 Å². The Morgan fingerprint density at radius 3 is 2.76 bits per heavy atom. The van der Waals surface area contributed by atoms with Gasteiger partial charge in [-0.25, -0.2) is 0 Å². The van der Waals surface area contributed by atoms with Crippen LogP contribution in [0.3, 0.4) is 0 Å². The topological polar surface area (TPSA) is 95.3 Å². The van der Waals surface area contributed by atoms with E-state index in [0.29, 0.717) is 5.56 Å². The fraction of sp³-hybridized carbons (Fsp3) is 0.286. The van der Waals surface area contributed by atoms with Gasteiger partial charge in [-0.05, 0) is 25.1 Å². The standard InChI is InChI=1S/C14H18N4O3/c1-8(13(19)15-2)17-14(20)11-7-16-12-6-9(18-21-3)4-5-10(11)12/h4-8,16,18H,1-3H3,(H,15,19)(H,17,20). The molecule has 0 aliphatic heterocycles. The minimum atomic E-state index is -0.595. The van der Waals surface area contributed by atoms with E-state index < -0.39 is 6.04 Å². The molecular formula is C14H18N4O3. The smallest absolute Gasteiger partial charge is 0.254 e. The van der Waals surface area contributed by atoms with Crippen molar-refractivity contribution in [2.24, 2.45) is 0 Å². The number of anilines is 1. The van der Waals surface area contributed by atoms with E-state index in [1.54, 1.807) is 19.2 Å². The van der Waals surface area contributed by atoms with Crippen LogP contribution in [-0.2, 0) is 9.63 Å². The van der Waals surface area contributed by atoms with E-state index in [1.165, 1.54) is 14.2 Å². The lowest BCUT2D eigenvalue weighted by molar-refractivity contribution is -0.122. The first-order chi connectivity index (χ1) is 10.1. The number of likely N-dealkylation sites (N-methyl/N-ethyl adjacent to an activating group) is 1. The van der Waals surface area contributed by atoms with Crippen molar-refractivity contribution < 1.29 is 14.4 Å². The fourth-order valence-electron chi connectivity index (χ4n) is 2.05. The van der Waals surface area contributed by atoms with Crippen molar-refractivity contribution in [1.82, 2.24) is 15.6 Å². The average molecular weight is 290 g/mol. The van der Waals surface area contributed by atoms with Crippen molar-refractivity contribution in [3.05, 3.63) is 30.0 Å². The van der Waals surface area contributed by atoms with Crippen molar-refractivity contribution in [1.29, 1.82) is 0 Å². The highest BCUT2D eigenvalue weighted by Gasteiger charge is 2.18. The van der Waals surface area contributed by atoms with Crippen LogP contribution in [0.4, 0.5) is 5.69 Å². The van der Waals surface area contributed by atoms with E-state index in [0.717, 1.165) is 16.6 Å². The first kappa shape index (κ1) is 14.9. The summed E-state index contributed by atoms with van der Waals surface area (Å²) >= 11 is 0. The van der Waals surface area contributed by atoms with Crippen LogP contribution < -0.4 is 16.1 Å². The van der Waals surface area contributed by atoms with Crippen LogP contribution in [-0.4, -0.2) is 37.0 Å². The number of aromatic nitrogens is 1. The molecule has 0 aliphatic rings. The van der Waals surface area contributed by atoms with Crippen molar-refractivity contribution in [3.63, 3.8) is 0 Å². The Bertz CT molecular complexity index is 665. The molecule has 0 bridgehead atoms. The molecule has 112 valence electrons. The number of rotatable bonds is 5. The molecule has 0 fully saturated rings. The fourth-order valence-corrected chi connectivity index (χ4v) is 2.05. The maximum absolute atomic E-state index is 12.2. The van der Waals surface area contributed by atoms with Crippen molar-refractivity contribution in [2.45, 2.75) is 13.0 Å². The number of amides is 2. The lowest BCUT2D eigenvalue weighted by Gasteiger charge is -2.11. The first-order valence-corrected chi connectivity index (χ1v) is 6.49. The van der Waals surface area contributed by atoms with Gasteiger partial charge in [-0.3, -0.25) is 19.9 Å². The lowest BCUT2D eigenvalue weighted by atomic mass is 10.1. The molecule has 1 aromatic carbocycles. The van der Waals surface area contributed by atoms with Gasteiger partial charge in [0.1, 0.15) is 6.04 Å². The third-order valence-electron chi connectivity index (χ3n) is 3.13. The van der Waals surface area contributed by atoms with Gasteiger partial charge in [-0.1, -0.05) is 0 Å². The summed E-state index contributed by atoms with van der Waals surface area (Å²) in [6, 6.07) is 4.85. The number of aromatic amines is 1. The molecule has 2 amide bonds. The van der Waals surface area contributed by atoms with E-state index >= 15 is 0 Å². The van der Waals surface area contributed by atoms with Gasteiger partial charge in [0, 0.05) is 24.1 Å². The summed E-state index contributed by atoms with van der Waals surface area (Å²) in [6.07, 6.45) is 1.62. The number of carbonyl (C=O) groups is 2. The van der Waals surface area contributed by atoms with Crippen LogP contribution in [0, 0.1) is 0 Å². The molecule has 0 aliphatic carbocycles. The first-order valence-electron chi connectivity index (χ1n) is 6.49. The van der Waals surface area contributed by atoms with Crippen LogP contribution in [0.2, 0.25) is 0 Å². The number of hydrogen-bond donors (Lipinski definition) is 4. The number of hydrogen-bond acceptors (Lipinski definition) is 4. The molecule has 2 aromatic rings. The molecule has 7 heteroatoms. The van der Waals surface area contributed by atoms with Gasteiger partial charge in [0.2, 0.25) is 5.91 Å². The Morgan fingerprint density at radius 1 is 1.33 bits per heavy atom. The zero-order valence-corrected chi connectivity index (χ0v) is 12.1. The zero-order valence-electron chi connectivity index (χ0n) is 12.1. The second-order valence-electron chi connectivity index (χ2n) is 4.58. The lowest BCUT2D eigenvalue weighted by Crippen LogP contribution is -2.43. The second kappa shape index (κ2) is 6.27. The molecule has 2 rings (SSSR count). The molecule has 21 heavy (non-hydrogen) atoms. The highest BCUT2D eigenvalue weighted by Crippen LogP contribution is 2.22. The molecule has 1 aromatic heterocycles. The van der Waals surface area contributed by atoms with Crippen LogP contribution >= 0.6 is 0 Å². The number of fused-ring (bicyclic) bond motifs is 1. The molecule has 1 unspecified atom stereocenters. The maximum Gasteiger partial charge on any atom is 0.254 e. The molecule has 0 saturated carbocycles. The molecule has 0 saturated heterocycles. The zero-order chi connectivity index (χ0) is 15.4. The molecule has 0 spiro atoms. The third-order valence-corrected chi connectivity index (χ3v) is 3.13. The Hall–Kier alpha value is -2.54. The van der Waals surface area contributed by atoms with Crippen molar-refractivity contribution in [3.8, 4) is 0 Å². The van der Waals surface area contributed by atoms with Crippen molar-refractivity contribution >= 4 is 28.4 Å². The summed E-state index contributed by atoms with van der Waals surface area (Å²) < 4.78 is 0. The number of benzene rings is 1.